The first-order chi connectivity index (χ1) is 9.90. The lowest BCUT2D eigenvalue weighted by atomic mass is 9.83. The third kappa shape index (κ3) is 2.52. The van der Waals surface area contributed by atoms with E-state index in [1.807, 2.05) is 11.3 Å². The van der Waals surface area contributed by atoms with Gasteiger partial charge in [-0.1, -0.05) is 24.3 Å². The van der Waals surface area contributed by atoms with Gasteiger partial charge in [-0.05, 0) is 43.2 Å². The summed E-state index contributed by atoms with van der Waals surface area (Å²) in [6, 6.07) is 9.66. The second-order valence-corrected chi connectivity index (χ2v) is 6.87. The Morgan fingerprint density at radius 1 is 1.20 bits per heavy atom. The highest BCUT2D eigenvalue weighted by molar-refractivity contribution is 7.09. The Kier molecular flexibility index (Phi) is 3.32. The van der Waals surface area contributed by atoms with Crippen LogP contribution in [-0.4, -0.2) is 11.0 Å². The van der Waals surface area contributed by atoms with E-state index in [1.165, 1.54) is 53.9 Å². The largest absolute Gasteiger partial charge is 0.308 e. The monoisotopic (exact) mass is 284 g/mol. The Bertz CT molecular complexity index is 601. The van der Waals surface area contributed by atoms with E-state index >= 15 is 0 Å². The van der Waals surface area contributed by atoms with Gasteiger partial charge in [0.15, 0.2) is 0 Å². The molecular formula is C17H20N2S. The van der Waals surface area contributed by atoms with E-state index in [0.29, 0.717) is 5.92 Å². The molecule has 2 aliphatic rings. The van der Waals surface area contributed by atoms with Gasteiger partial charge in [0, 0.05) is 23.9 Å². The summed E-state index contributed by atoms with van der Waals surface area (Å²) >= 11 is 1.84. The zero-order chi connectivity index (χ0) is 13.4. The molecule has 2 aromatic rings. The van der Waals surface area contributed by atoms with Crippen LogP contribution in [0.1, 0.15) is 53.4 Å². The molecule has 0 saturated heterocycles. The predicted molar refractivity (Wildman–Crippen MR) is 83.2 cm³/mol. The Labute approximate surface area is 124 Å². The first-order valence-corrected chi connectivity index (χ1v) is 8.53. The predicted octanol–water partition coefficient (Wildman–Crippen LogP) is 3.86. The van der Waals surface area contributed by atoms with Crippen molar-refractivity contribution < 1.29 is 0 Å². The van der Waals surface area contributed by atoms with E-state index in [0.717, 1.165) is 12.6 Å². The van der Waals surface area contributed by atoms with Crippen molar-refractivity contribution in [2.45, 2.75) is 50.6 Å². The Morgan fingerprint density at radius 2 is 2.10 bits per heavy atom. The topological polar surface area (TPSA) is 24.9 Å². The highest BCUT2D eigenvalue weighted by Gasteiger charge is 2.24. The lowest BCUT2D eigenvalue weighted by Gasteiger charge is -2.23. The van der Waals surface area contributed by atoms with Gasteiger partial charge in [-0.25, -0.2) is 4.98 Å². The summed E-state index contributed by atoms with van der Waals surface area (Å²) in [4.78, 5) is 4.89. The van der Waals surface area contributed by atoms with Crippen LogP contribution in [0.15, 0.2) is 29.6 Å². The van der Waals surface area contributed by atoms with Crippen LogP contribution in [0, 0.1) is 0 Å². The van der Waals surface area contributed by atoms with Crippen LogP contribution in [0.3, 0.4) is 0 Å². The molecule has 1 saturated carbocycles. The summed E-state index contributed by atoms with van der Waals surface area (Å²) in [5.74, 6) is 0.527. The van der Waals surface area contributed by atoms with Gasteiger partial charge in [0.2, 0.25) is 0 Å². The van der Waals surface area contributed by atoms with Crippen molar-refractivity contribution in [2.24, 2.45) is 0 Å². The molecule has 104 valence electrons. The fourth-order valence-electron chi connectivity index (χ4n) is 3.11. The van der Waals surface area contributed by atoms with E-state index in [-0.39, 0.29) is 0 Å². The fourth-order valence-corrected chi connectivity index (χ4v) is 4.08. The number of hydrogen-bond acceptors (Lipinski definition) is 3. The molecule has 0 aliphatic heterocycles. The maximum Gasteiger partial charge on any atom is 0.100 e. The van der Waals surface area contributed by atoms with Crippen LogP contribution in [0.25, 0.3) is 0 Å². The van der Waals surface area contributed by atoms with Crippen molar-refractivity contribution in [3.05, 3.63) is 51.5 Å². The summed E-state index contributed by atoms with van der Waals surface area (Å²) in [5, 5.41) is 7.10. The first-order valence-electron chi connectivity index (χ1n) is 7.65. The van der Waals surface area contributed by atoms with Crippen LogP contribution in [0.5, 0.6) is 0 Å². The molecule has 0 bridgehead atoms. The minimum Gasteiger partial charge on any atom is -0.308 e. The lowest BCUT2D eigenvalue weighted by Crippen LogP contribution is -2.16. The minimum absolute atomic E-state index is 0.527. The summed E-state index contributed by atoms with van der Waals surface area (Å²) in [6.07, 6.45) is 6.45. The normalized spacial score (nSPS) is 21.7. The molecule has 1 atom stereocenters. The molecule has 1 aromatic heterocycles. The molecular weight excluding hydrogens is 264 g/mol. The molecule has 1 N–H and O–H groups in total. The Hall–Kier alpha value is -1.19. The smallest absolute Gasteiger partial charge is 0.100 e. The van der Waals surface area contributed by atoms with Gasteiger partial charge in [-0.2, -0.15) is 0 Å². The van der Waals surface area contributed by atoms with Crippen molar-refractivity contribution in [3.8, 4) is 0 Å². The van der Waals surface area contributed by atoms with Gasteiger partial charge in [-0.3, -0.25) is 0 Å². The number of benzene rings is 1. The first kappa shape index (κ1) is 12.5. The van der Waals surface area contributed by atoms with Crippen molar-refractivity contribution in [2.75, 3.05) is 0 Å². The number of hydrogen-bond donors (Lipinski definition) is 1. The van der Waals surface area contributed by atoms with E-state index in [9.17, 15) is 0 Å². The maximum atomic E-state index is 4.89. The summed E-state index contributed by atoms with van der Waals surface area (Å²) in [7, 11) is 0. The van der Waals surface area contributed by atoms with Crippen molar-refractivity contribution in [3.63, 3.8) is 0 Å². The van der Waals surface area contributed by atoms with Gasteiger partial charge < -0.3 is 5.32 Å². The molecule has 1 fully saturated rings. The number of aromatic nitrogens is 1. The molecule has 1 aromatic carbocycles. The third-order valence-electron chi connectivity index (χ3n) is 4.39. The number of rotatable bonds is 4. The second kappa shape index (κ2) is 5.30. The third-order valence-corrected chi connectivity index (χ3v) is 5.39. The maximum absolute atomic E-state index is 4.89. The van der Waals surface area contributed by atoms with Gasteiger partial charge in [0.25, 0.3) is 0 Å². The summed E-state index contributed by atoms with van der Waals surface area (Å²) in [5.41, 5.74) is 4.26. The van der Waals surface area contributed by atoms with E-state index in [2.05, 4.69) is 35.0 Å². The van der Waals surface area contributed by atoms with Crippen LogP contribution in [0.2, 0.25) is 0 Å². The Balaban J connectivity index is 1.55. The van der Waals surface area contributed by atoms with Crippen molar-refractivity contribution in [1.82, 2.24) is 10.3 Å². The minimum atomic E-state index is 0.527. The fraction of sp³-hybridized carbons (Fsp3) is 0.471. The van der Waals surface area contributed by atoms with Gasteiger partial charge in [0.05, 0.1) is 5.69 Å². The van der Waals surface area contributed by atoms with Crippen LogP contribution >= 0.6 is 11.3 Å². The van der Waals surface area contributed by atoms with Gasteiger partial charge in [0.1, 0.15) is 5.01 Å². The number of nitrogens with one attached hydrogen (secondary N) is 1. The molecule has 0 radical (unpaired) electrons. The number of fused-ring (bicyclic) bond motifs is 1. The Morgan fingerprint density at radius 3 is 3.00 bits per heavy atom. The molecule has 1 unspecified atom stereocenters. The van der Waals surface area contributed by atoms with E-state index in [4.69, 9.17) is 4.98 Å². The van der Waals surface area contributed by atoms with Crippen LogP contribution in [0.4, 0.5) is 0 Å². The second-order valence-electron chi connectivity index (χ2n) is 5.98. The summed E-state index contributed by atoms with van der Waals surface area (Å²) in [6.45, 7) is 0.940. The molecule has 20 heavy (non-hydrogen) atoms. The molecule has 1 heterocycles. The zero-order valence-electron chi connectivity index (χ0n) is 11.6. The quantitative estimate of drug-likeness (QED) is 0.922. The standard InChI is InChI=1S/C17H20N2S/c1-2-6-15-12(4-1)5-3-7-16(15)17-19-14(11-20-17)10-18-13-8-9-13/h1-2,4,6,11,13,16,18H,3,5,7-10H2. The zero-order valence-corrected chi connectivity index (χ0v) is 12.5. The van der Waals surface area contributed by atoms with E-state index in [1.54, 1.807) is 0 Å². The number of thiazole rings is 1. The molecule has 2 aliphatic carbocycles. The van der Waals surface area contributed by atoms with Gasteiger partial charge >= 0.3 is 0 Å². The average Bonchev–Trinajstić information content (AvgIpc) is 3.21. The average molecular weight is 284 g/mol. The SMILES string of the molecule is c1ccc2c(c1)CCCC2c1nc(CNC2CC2)cs1. The van der Waals surface area contributed by atoms with Crippen LogP contribution < -0.4 is 5.32 Å². The van der Waals surface area contributed by atoms with E-state index < -0.39 is 0 Å². The lowest BCUT2D eigenvalue weighted by molar-refractivity contribution is 0.608. The van der Waals surface area contributed by atoms with Gasteiger partial charge in [-0.15, -0.1) is 11.3 Å². The van der Waals surface area contributed by atoms with Crippen molar-refractivity contribution in [1.29, 1.82) is 0 Å². The highest BCUT2D eigenvalue weighted by Crippen LogP contribution is 2.37. The molecule has 4 rings (SSSR count). The number of aryl methyl sites for hydroxylation is 1. The molecule has 0 spiro atoms. The van der Waals surface area contributed by atoms with Crippen molar-refractivity contribution >= 4 is 11.3 Å². The number of nitrogens with zero attached hydrogens (tertiary/aromatic N) is 1. The molecule has 2 nitrogen and oxygen atoms in total. The highest BCUT2D eigenvalue weighted by atomic mass is 32.1. The van der Waals surface area contributed by atoms with Crippen LogP contribution in [-0.2, 0) is 13.0 Å². The molecule has 3 heteroatoms. The summed E-state index contributed by atoms with van der Waals surface area (Å²) < 4.78 is 0. The molecule has 0 amide bonds.